The Kier molecular flexibility index (Phi) is 4.55. The van der Waals surface area contributed by atoms with Crippen molar-refractivity contribution in [2.24, 2.45) is 0 Å². The molecule has 0 saturated carbocycles. The summed E-state index contributed by atoms with van der Waals surface area (Å²) in [6, 6.07) is 7.01. The highest BCUT2D eigenvalue weighted by Crippen LogP contribution is 2.36. The first-order chi connectivity index (χ1) is 12.6. The molecule has 1 aromatic heterocycles. The molecule has 27 heavy (non-hydrogen) atoms. The van der Waals surface area contributed by atoms with E-state index < -0.39 is 24.0 Å². The van der Waals surface area contributed by atoms with Crippen molar-refractivity contribution in [3.8, 4) is 0 Å². The first-order valence-corrected chi connectivity index (χ1v) is 8.62. The lowest BCUT2D eigenvalue weighted by molar-refractivity contribution is -0.128. The van der Waals surface area contributed by atoms with Crippen LogP contribution in [-0.4, -0.2) is 29.9 Å². The number of aryl methyl sites for hydroxylation is 2. The normalized spacial score (nSPS) is 15.1. The summed E-state index contributed by atoms with van der Waals surface area (Å²) >= 11 is 0. The molecule has 0 fully saturated rings. The second-order valence-corrected chi connectivity index (χ2v) is 7.05. The van der Waals surface area contributed by atoms with Gasteiger partial charge >= 0.3 is 5.97 Å². The van der Waals surface area contributed by atoms with Crippen LogP contribution < -0.4 is 10.2 Å². The highest BCUT2D eigenvalue weighted by molar-refractivity contribution is 6.14. The molecule has 0 bridgehead atoms. The van der Waals surface area contributed by atoms with Crippen LogP contribution in [0.3, 0.4) is 0 Å². The number of nitrogens with zero attached hydrogens (tertiary/aromatic N) is 1. The zero-order valence-electron chi connectivity index (χ0n) is 16.0. The third-order valence-electron chi connectivity index (χ3n) is 4.85. The average Bonchev–Trinajstić information content (AvgIpc) is 2.85. The molecule has 7 nitrogen and oxygen atoms in total. The monoisotopic (exact) mass is 370 g/mol. The molecule has 1 aromatic carbocycles. The summed E-state index contributed by atoms with van der Waals surface area (Å²) in [5.41, 5.74) is 1.01. The molecule has 0 aliphatic carbocycles. The molecule has 2 aromatic rings. The van der Waals surface area contributed by atoms with Crippen molar-refractivity contribution >= 4 is 29.2 Å². The molecule has 0 atom stereocenters. The number of nitrogens with one attached hydrogen (secondary N) is 1. The zero-order chi connectivity index (χ0) is 19.9. The van der Waals surface area contributed by atoms with Gasteiger partial charge in [-0.3, -0.25) is 14.5 Å². The first kappa shape index (κ1) is 18.7. The number of benzene rings is 1. The molecule has 0 unspecified atom stereocenters. The zero-order valence-corrected chi connectivity index (χ0v) is 16.0. The third-order valence-corrected chi connectivity index (χ3v) is 4.85. The van der Waals surface area contributed by atoms with E-state index in [4.69, 9.17) is 9.15 Å². The Morgan fingerprint density at radius 2 is 1.81 bits per heavy atom. The van der Waals surface area contributed by atoms with E-state index in [1.807, 2.05) is 0 Å². The molecule has 3 rings (SSSR count). The van der Waals surface area contributed by atoms with Gasteiger partial charge in [0.2, 0.25) is 5.91 Å². The summed E-state index contributed by atoms with van der Waals surface area (Å²) in [4.78, 5) is 39.1. The Balaban J connectivity index is 1.83. The number of ether oxygens (including phenoxy) is 1. The Hall–Kier alpha value is -3.09. The van der Waals surface area contributed by atoms with Gasteiger partial charge in [-0.25, -0.2) is 4.79 Å². The summed E-state index contributed by atoms with van der Waals surface area (Å²) in [6.45, 7) is 8.01. The van der Waals surface area contributed by atoms with E-state index in [1.165, 1.54) is 4.90 Å². The van der Waals surface area contributed by atoms with E-state index >= 15 is 0 Å². The van der Waals surface area contributed by atoms with Crippen LogP contribution in [0.4, 0.5) is 11.4 Å². The smallest absolute Gasteiger partial charge is 0.342 e. The number of carbonyl (C=O) groups excluding carboxylic acids is 3. The third kappa shape index (κ3) is 3.09. The Morgan fingerprint density at radius 3 is 2.44 bits per heavy atom. The summed E-state index contributed by atoms with van der Waals surface area (Å²) < 4.78 is 10.7. The molecular weight excluding hydrogens is 348 g/mol. The summed E-state index contributed by atoms with van der Waals surface area (Å²) in [6.07, 6.45) is 0. The first-order valence-electron chi connectivity index (χ1n) is 8.62. The second-order valence-electron chi connectivity index (χ2n) is 7.05. The van der Waals surface area contributed by atoms with Crippen molar-refractivity contribution in [1.82, 2.24) is 0 Å². The number of hydrogen-bond acceptors (Lipinski definition) is 5. The van der Waals surface area contributed by atoms with Gasteiger partial charge in [-0.1, -0.05) is 12.1 Å². The maximum atomic E-state index is 12.9. The summed E-state index contributed by atoms with van der Waals surface area (Å²) in [5.74, 6) is -0.328. The van der Waals surface area contributed by atoms with Crippen LogP contribution in [0.15, 0.2) is 28.7 Å². The molecule has 1 aliphatic rings. The van der Waals surface area contributed by atoms with Gasteiger partial charge in [0, 0.05) is 5.56 Å². The van der Waals surface area contributed by atoms with Crippen LogP contribution >= 0.6 is 0 Å². The molecule has 2 amide bonds. The number of para-hydroxylation sites is 2. The molecule has 1 N–H and O–H groups in total. The van der Waals surface area contributed by atoms with E-state index in [9.17, 15) is 14.4 Å². The van der Waals surface area contributed by atoms with Crippen LogP contribution in [0.1, 0.15) is 41.3 Å². The number of amides is 2. The van der Waals surface area contributed by atoms with Gasteiger partial charge in [0.15, 0.2) is 6.61 Å². The Morgan fingerprint density at radius 1 is 1.15 bits per heavy atom. The maximum absolute atomic E-state index is 12.9. The van der Waals surface area contributed by atoms with Crippen molar-refractivity contribution in [2.45, 2.75) is 40.2 Å². The average molecular weight is 370 g/mol. The molecule has 7 heteroatoms. The number of hydrogen-bond donors (Lipinski definition) is 1. The fourth-order valence-electron chi connectivity index (χ4n) is 3.26. The number of furan rings is 1. The maximum Gasteiger partial charge on any atom is 0.342 e. The standard InChI is InChI=1S/C20H22N2O5/c1-11-12(2)27-13(3)17(11)18(24)26-10-16(23)22-15-9-7-6-8-14(15)21-19(25)20(22,4)5/h6-9H,10H2,1-5H3,(H,21,25). The van der Waals surface area contributed by atoms with Crippen molar-refractivity contribution in [3.05, 3.63) is 46.9 Å². The highest BCUT2D eigenvalue weighted by atomic mass is 16.5. The van der Waals surface area contributed by atoms with Gasteiger partial charge in [-0.05, 0) is 46.8 Å². The number of carbonyl (C=O) groups is 3. The van der Waals surface area contributed by atoms with E-state index in [1.54, 1.807) is 58.9 Å². The van der Waals surface area contributed by atoms with Crippen molar-refractivity contribution in [1.29, 1.82) is 0 Å². The predicted molar refractivity (Wildman–Crippen MR) is 99.8 cm³/mol. The molecular formula is C20H22N2O5. The van der Waals surface area contributed by atoms with Crippen LogP contribution in [-0.2, 0) is 14.3 Å². The lowest BCUT2D eigenvalue weighted by atomic mass is 9.96. The SMILES string of the molecule is Cc1oc(C)c(C(=O)OCC(=O)N2c3ccccc3NC(=O)C2(C)C)c1C. The molecule has 1 aliphatic heterocycles. The van der Waals surface area contributed by atoms with Crippen molar-refractivity contribution < 1.29 is 23.5 Å². The topological polar surface area (TPSA) is 88.8 Å². The van der Waals surface area contributed by atoms with E-state index in [0.29, 0.717) is 34.0 Å². The van der Waals surface area contributed by atoms with Crippen LogP contribution in [0.5, 0.6) is 0 Å². The Bertz CT molecular complexity index is 942. The highest BCUT2D eigenvalue weighted by Gasteiger charge is 2.43. The fourth-order valence-corrected chi connectivity index (χ4v) is 3.26. The van der Waals surface area contributed by atoms with Crippen molar-refractivity contribution in [3.63, 3.8) is 0 Å². The number of esters is 1. The summed E-state index contributed by atoms with van der Waals surface area (Å²) in [7, 11) is 0. The summed E-state index contributed by atoms with van der Waals surface area (Å²) in [5, 5.41) is 2.79. The number of fused-ring (bicyclic) bond motifs is 1. The molecule has 2 heterocycles. The number of anilines is 2. The molecule has 0 radical (unpaired) electrons. The minimum atomic E-state index is -1.12. The molecule has 0 saturated heterocycles. The van der Waals surface area contributed by atoms with Crippen LogP contribution in [0.2, 0.25) is 0 Å². The fraction of sp³-hybridized carbons (Fsp3) is 0.350. The lowest BCUT2D eigenvalue weighted by Gasteiger charge is -2.41. The quantitative estimate of drug-likeness (QED) is 0.839. The second kappa shape index (κ2) is 6.57. The Labute approximate surface area is 157 Å². The number of rotatable bonds is 3. The predicted octanol–water partition coefficient (Wildman–Crippen LogP) is 3.13. The minimum absolute atomic E-state index is 0.307. The van der Waals surface area contributed by atoms with Gasteiger partial charge < -0.3 is 14.5 Å². The van der Waals surface area contributed by atoms with Crippen LogP contribution in [0, 0.1) is 20.8 Å². The van der Waals surface area contributed by atoms with Gasteiger partial charge in [0.05, 0.1) is 11.4 Å². The van der Waals surface area contributed by atoms with E-state index in [2.05, 4.69) is 5.32 Å². The van der Waals surface area contributed by atoms with Crippen molar-refractivity contribution in [2.75, 3.05) is 16.8 Å². The van der Waals surface area contributed by atoms with Gasteiger partial charge in [0.1, 0.15) is 22.6 Å². The van der Waals surface area contributed by atoms with E-state index in [-0.39, 0.29) is 5.91 Å². The van der Waals surface area contributed by atoms with Gasteiger partial charge in [0.25, 0.3) is 5.91 Å². The largest absolute Gasteiger partial charge is 0.465 e. The van der Waals surface area contributed by atoms with Crippen LogP contribution in [0.25, 0.3) is 0 Å². The van der Waals surface area contributed by atoms with Gasteiger partial charge in [-0.2, -0.15) is 0 Å². The van der Waals surface area contributed by atoms with E-state index in [0.717, 1.165) is 0 Å². The van der Waals surface area contributed by atoms with Gasteiger partial charge in [-0.15, -0.1) is 0 Å². The lowest BCUT2D eigenvalue weighted by Crippen LogP contribution is -2.59. The molecule has 0 spiro atoms. The molecule has 142 valence electrons. The minimum Gasteiger partial charge on any atom is -0.465 e.